The van der Waals surface area contributed by atoms with Gasteiger partial charge >= 0.3 is 0 Å². The zero-order valence-corrected chi connectivity index (χ0v) is 15.0. The lowest BCUT2D eigenvalue weighted by atomic mass is 10.1. The molecule has 0 fully saturated rings. The molecule has 0 aliphatic carbocycles. The quantitative estimate of drug-likeness (QED) is 0.686. The molecule has 0 bridgehead atoms. The summed E-state index contributed by atoms with van der Waals surface area (Å²) in [7, 11) is 1.60. The fourth-order valence-electron chi connectivity index (χ4n) is 2.56. The van der Waals surface area contributed by atoms with Gasteiger partial charge in [-0.1, -0.05) is 6.07 Å². The van der Waals surface area contributed by atoms with Crippen LogP contribution in [-0.4, -0.2) is 18.0 Å². The van der Waals surface area contributed by atoms with E-state index < -0.39 is 0 Å². The maximum atomic E-state index is 13.0. The van der Waals surface area contributed by atoms with Gasteiger partial charge in [0.25, 0.3) is 5.91 Å². The summed E-state index contributed by atoms with van der Waals surface area (Å²) < 4.78 is 23.7. The molecule has 0 aliphatic rings. The highest BCUT2D eigenvalue weighted by Crippen LogP contribution is 2.24. The number of methoxy groups -OCH3 is 1. The van der Waals surface area contributed by atoms with Gasteiger partial charge in [-0.25, -0.2) is 4.39 Å². The molecule has 0 atom stereocenters. The number of pyridine rings is 1. The molecule has 0 spiro atoms. The number of aryl methyl sites for hydroxylation is 1. The second-order valence-electron chi connectivity index (χ2n) is 5.91. The Bertz CT molecular complexity index is 942. The molecule has 138 valence electrons. The number of ether oxygens (including phenoxy) is 2. The summed E-state index contributed by atoms with van der Waals surface area (Å²) in [6.45, 7) is 2.17. The lowest BCUT2D eigenvalue weighted by Gasteiger charge is -2.10. The molecule has 1 N–H and O–H groups in total. The first-order chi connectivity index (χ1) is 13.0. The lowest BCUT2D eigenvalue weighted by molar-refractivity contribution is 0.102. The number of carbonyl (C=O) groups excluding carboxylic acids is 1. The molecule has 0 aliphatic heterocycles. The molecule has 6 heteroatoms. The summed E-state index contributed by atoms with van der Waals surface area (Å²) in [4.78, 5) is 16.9. The van der Waals surface area contributed by atoms with Crippen LogP contribution in [0.3, 0.4) is 0 Å². The van der Waals surface area contributed by atoms with Crippen molar-refractivity contribution in [3.63, 3.8) is 0 Å². The van der Waals surface area contributed by atoms with Crippen LogP contribution in [0.15, 0.2) is 60.7 Å². The predicted octanol–water partition coefficient (Wildman–Crippen LogP) is 4.72. The Morgan fingerprint density at radius 1 is 1.07 bits per heavy atom. The Morgan fingerprint density at radius 2 is 1.85 bits per heavy atom. The van der Waals surface area contributed by atoms with Crippen LogP contribution in [-0.2, 0) is 11.3 Å². The number of rotatable bonds is 6. The van der Waals surface area contributed by atoms with Crippen molar-refractivity contribution >= 4 is 11.6 Å². The molecule has 1 aromatic heterocycles. The normalized spacial score (nSPS) is 10.5. The number of hydrogen-bond acceptors (Lipinski definition) is 4. The van der Waals surface area contributed by atoms with Gasteiger partial charge in [-0.05, 0) is 55.5 Å². The molecule has 1 heterocycles. The van der Waals surface area contributed by atoms with E-state index >= 15 is 0 Å². The minimum absolute atomic E-state index is 0.261. The first-order valence-electron chi connectivity index (χ1n) is 8.35. The van der Waals surface area contributed by atoms with Crippen molar-refractivity contribution in [1.29, 1.82) is 0 Å². The lowest BCUT2D eigenvalue weighted by Crippen LogP contribution is -2.14. The van der Waals surface area contributed by atoms with Crippen molar-refractivity contribution in [3.8, 4) is 11.5 Å². The Kier molecular flexibility index (Phi) is 5.78. The molecule has 27 heavy (non-hydrogen) atoms. The fraction of sp³-hybridized carbons (Fsp3) is 0.143. The van der Waals surface area contributed by atoms with E-state index in [1.165, 1.54) is 24.3 Å². The Morgan fingerprint density at radius 3 is 2.56 bits per heavy atom. The SMILES string of the molecule is COCc1ccc(C(=O)Nc2cccc(Oc3ccc(F)cc3)c2)c(C)n1. The molecular formula is C21H19FN2O3. The molecule has 2 aromatic carbocycles. The van der Waals surface area contributed by atoms with E-state index in [1.807, 2.05) is 0 Å². The Hall–Kier alpha value is -3.25. The Balaban J connectivity index is 1.72. The largest absolute Gasteiger partial charge is 0.457 e. The summed E-state index contributed by atoms with van der Waals surface area (Å²) >= 11 is 0. The minimum atomic E-state index is -0.330. The minimum Gasteiger partial charge on any atom is -0.457 e. The molecule has 1 amide bonds. The third-order valence-electron chi connectivity index (χ3n) is 3.82. The second kappa shape index (κ2) is 8.42. The summed E-state index contributed by atoms with van der Waals surface area (Å²) in [6.07, 6.45) is 0. The number of aromatic nitrogens is 1. The highest BCUT2D eigenvalue weighted by Gasteiger charge is 2.11. The standard InChI is InChI=1S/C21H19FN2O3/c1-14-20(11-8-17(23-14)13-26-2)21(25)24-16-4-3-5-19(12-16)27-18-9-6-15(22)7-10-18/h3-12H,13H2,1-2H3,(H,24,25). The van der Waals surface area contributed by atoms with Crippen molar-refractivity contribution < 1.29 is 18.7 Å². The van der Waals surface area contributed by atoms with E-state index in [0.29, 0.717) is 35.1 Å². The number of amides is 1. The van der Waals surface area contributed by atoms with E-state index in [-0.39, 0.29) is 11.7 Å². The van der Waals surface area contributed by atoms with Crippen LogP contribution < -0.4 is 10.1 Å². The average Bonchev–Trinajstić information content (AvgIpc) is 2.64. The highest BCUT2D eigenvalue weighted by molar-refractivity contribution is 6.05. The monoisotopic (exact) mass is 366 g/mol. The van der Waals surface area contributed by atoms with E-state index in [4.69, 9.17) is 9.47 Å². The Labute approximate surface area is 156 Å². The fourth-order valence-corrected chi connectivity index (χ4v) is 2.56. The van der Waals surface area contributed by atoms with Crippen LogP contribution in [0.25, 0.3) is 0 Å². The first kappa shape index (κ1) is 18.5. The van der Waals surface area contributed by atoms with Crippen LogP contribution in [0.4, 0.5) is 10.1 Å². The molecular weight excluding hydrogens is 347 g/mol. The number of nitrogens with zero attached hydrogens (tertiary/aromatic N) is 1. The van der Waals surface area contributed by atoms with Gasteiger partial charge in [-0.15, -0.1) is 0 Å². The van der Waals surface area contributed by atoms with E-state index in [9.17, 15) is 9.18 Å². The van der Waals surface area contributed by atoms with Crippen molar-refractivity contribution in [2.45, 2.75) is 13.5 Å². The number of hydrogen-bond donors (Lipinski definition) is 1. The molecule has 3 aromatic rings. The average molecular weight is 366 g/mol. The molecule has 0 saturated heterocycles. The second-order valence-corrected chi connectivity index (χ2v) is 5.91. The van der Waals surface area contributed by atoms with Gasteiger partial charge in [0.1, 0.15) is 17.3 Å². The van der Waals surface area contributed by atoms with Gasteiger partial charge in [0, 0.05) is 18.9 Å². The van der Waals surface area contributed by atoms with Gasteiger partial charge in [-0.2, -0.15) is 0 Å². The van der Waals surface area contributed by atoms with Crippen LogP contribution in [0.5, 0.6) is 11.5 Å². The van der Waals surface area contributed by atoms with Crippen molar-refractivity contribution in [2.24, 2.45) is 0 Å². The number of anilines is 1. The maximum Gasteiger partial charge on any atom is 0.257 e. The number of carbonyl (C=O) groups is 1. The summed E-state index contributed by atoms with van der Waals surface area (Å²) in [6, 6.07) is 16.2. The van der Waals surface area contributed by atoms with Crippen molar-refractivity contribution in [3.05, 3.63) is 83.4 Å². The maximum absolute atomic E-state index is 13.0. The molecule has 3 rings (SSSR count). The summed E-state index contributed by atoms with van der Waals surface area (Å²) in [5.74, 6) is 0.449. The van der Waals surface area contributed by atoms with Crippen molar-refractivity contribution in [1.82, 2.24) is 4.98 Å². The zero-order valence-electron chi connectivity index (χ0n) is 15.0. The third kappa shape index (κ3) is 4.89. The van der Waals surface area contributed by atoms with Crippen LogP contribution in [0, 0.1) is 12.7 Å². The zero-order chi connectivity index (χ0) is 19.2. The van der Waals surface area contributed by atoms with Crippen LogP contribution in [0.1, 0.15) is 21.7 Å². The predicted molar refractivity (Wildman–Crippen MR) is 101 cm³/mol. The van der Waals surface area contributed by atoms with Gasteiger partial charge in [0.05, 0.1) is 23.6 Å². The topological polar surface area (TPSA) is 60.5 Å². The van der Waals surface area contributed by atoms with Crippen LogP contribution >= 0.6 is 0 Å². The van der Waals surface area contributed by atoms with Gasteiger partial charge in [0.15, 0.2) is 0 Å². The van der Waals surface area contributed by atoms with Gasteiger partial charge in [0.2, 0.25) is 0 Å². The van der Waals surface area contributed by atoms with Gasteiger partial charge < -0.3 is 14.8 Å². The molecule has 0 radical (unpaired) electrons. The summed E-state index contributed by atoms with van der Waals surface area (Å²) in [5, 5.41) is 2.84. The third-order valence-corrected chi connectivity index (χ3v) is 3.82. The number of nitrogens with one attached hydrogen (secondary N) is 1. The molecule has 0 unspecified atom stereocenters. The van der Waals surface area contributed by atoms with Crippen LogP contribution in [0.2, 0.25) is 0 Å². The summed E-state index contributed by atoms with van der Waals surface area (Å²) in [5.41, 5.74) is 2.46. The van der Waals surface area contributed by atoms with E-state index in [1.54, 1.807) is 50.4 Å². The van der Waals surface area contributed by atoms with Crippen molar-refractivity contribution in [2.75, 3.05) is 12.4 Å². The highest BCUT2D eigenvalue weighted by atomic mass is 19.1. The number of halogens is 1. The van der Waals surface area contributed by atoms with Gasteiger partial charge in [-0.3, -0.25) is 9.78 Å². The van der Waals surface area contributed by atoms with E-state index in [0.717, 1.165) is 5.69 Å². The van der Waals surface area contributed by atoms with E-state index in [2.05, 4.69) is 10.3 Å². The number of benzene rings is 2. The smallest absolute Gasteiger partial charge is 0.257 e. The molecule has 5 nitrogen and oxygen atoms in total. The first-order valence-corrected chi connectivity index (χ1v) is 8.35. The molecule has 0 saturated carbocycles.